The summed E-state index contributed by atoms with van der Waals surface area (Å²) in [6, 6.07) is 5.05. The van der Waals surface area contributed by atoms with Crippen molar-refractivity contribution in [1.29, 1.82) is 0 Å². The molecule has 0 spiro atoms. The number of amides is 1. The zero-order valence-corrected chi connectivity index (χ0v) is 14.7. The van der Waals surface area contributed by atoms with Gasteiger partial charge >= 0.3 is 0 Å². The number of carbonyl (C=O) groups excluding carboxylic acids is 1. The number of aliphatic hydroxyl groups is 1. The van der Waals surface area contributed by atoms with E-state index in [0.717, 1.165) is 19.5 Å². The minimum Gasteiger partial charge on any atom is -0.486 e. The summed E-state index contributed by atoms with van der Waals surface area (Å²) in [7, 11) is 0. The van der Waals surface area contributed by atoms with Gasteiger partial charge in [-0.25, -0.2) is 0 Å². The second-order valence-corrected chi connectivity index (χ2v) is 6.05. The number of rotatable bonds is 8. The number of fused-ring (bicyclic) bond motifs is 1. The van der Waals surface area contributed by atoms with Gasteiger partial charge in [-0.1, -0.05) is 19.9 Å². The fraction of sp³-hybridized carbons (Fsp3) is 0.611. The van der Waals surface area contributed by atoms with Gasteiger partial charge in [0.1, 0.15) is 19.3 Å². The number of benzene rings is 1. The van der Waals surface area contributed by atoms with Crippen molar-refractivity contribution in [3.05, 3.63) is 23.8 Å². The fourth-order valence-corrected chi connectivity index (χ4v) is 2.93. The maximum absolute atomic E-state index is 11.6. The predicted molar refractivity (Wildman–Crippen MR) is 92.4 cm³/mol. The summed E-state index contributed by atoms with van der Waals surface area (Å²) in [5, 5.41) is 13.7. The van der Waals surface area contributed by atoms with Gasteiger partial charge in [-0.3, -0.25) is 4.79 Å². The van der Waals surface area contributed by atoms with E-state index < -0.39 is 6.10 Å². The molecule has 134 valence electrons. The maximum Gasteiger partial charge on any atom is 0.217 e. The highest BCUT2D eigenvalue weighted by atomic mass is 16.6. The Hall–Kier alpha value is -1.79. The van der Waals surface area contributed by atoms with Gasteiger partial charge in [-0.05, 0) is 37.2 Å². The molecule has 2 N–H and O–H groups in total. The van der Waals surface area contributed by atoms with E-state index >= 15 is 0 Å². The number of ether oxygens (including phenoxy) is 2. The van der Waals surface area contributed by atoms with E-state index in [2.05, 4.69) is 24.1 Å². The third kappa shape index (κ3) is 4.85. The van der Waals surface area contributed by atoms with Gasteiger partial charge in [0.25, 0.3) is 0 Å². The van der Waals surface area contributed by atoms with Crippen LogP contribution >= 0.6 is 0 Å². The Balaban J connectivity index is 2.16. The van der Waals surface area contributed by atoms with E-state index in [1.807, 2.05) is 12.1 Å². The van der Waals surface area contributed by atoms with Crippen LogP contribution in [0.5, 0.6) is 11.5 Å². The summed E-state index contributed by atoms with van der Waals surface area (Å²) in [6.07, 6.45) is 0.219. The Labute approximate surface area is 143 Å². The smallest absolute Gasteiger partial charge is 0.217 e. The van der Waals surface area contributed by atoms with E-state index in [9.17, 15) is 9.90 Å². The molecule has 1 aromatic rings. The average Bonchev–Trinajstić information content (AvgIpc) is 2.59. The Morgan fingerprint density at radius 1 is 1.29 bits per heavy atom. The number of nitrogens with one attached hydrogen (secondary N) is 1. The van der Waals surface area contributed by atoms with Gasteiger partial charge in [-0.2, -0.15) is 0 Å². The number of carbonyl (C=O) groups is 1. The zero-order valence-electron chi connectivity index (χ0n) is 14.7. The Bertz CT molecular complexity index is 550. The maximum atomic E-state index is 11.6. The summed E-state index contributed by atoms with van der Waals surface area (Å²) in [4.78, 5) is 13.8. The largest absolute Gasteiger partial charge is 0.486 e. The minimum absolute atomic E-state index is 0.149. The summed E-state index contributed by atoms with van der Waals surface area (Å²) in [5.74, 6) is 1.18. The molecule has 1 amide bonds. The monoisotopic (exact) mass is 336 g/mol. The van der Waals surface area contributed by atoms with E-state index in [-0.39, 0.29) is 11.9 Å². The molecule has 0 radical (unpaired) electrons. The molecule has 0 saturated heterocycles. The molecule has 1 aliphatic rings. The average molecular weight is 336 g/mol. The normalized spacial score (nSPS) is 15.9. The summed E-state index contributed by atoms with van der Waals surface area (Å²) >= 11 is 0. The molecule has 6 nitrogen and oxygen atoms in total. The topological polar surface area (TPSA) is 71.0 Å². The van der Waals surface area contributed by atoms with Crippen LogP contribution in [0.25, 0.3) is 0 Å². The number of aliphatic hydroxyl groups excluding tert-OH is 1. The lowest BCUT2D eigenvalue weighted by Gasteiger charge is -2.30. The first kappa shape index (κ1) is 18.5. The van der Waals surface area contributed by atoms with Gasteiger partial charge in [0, 0.05) is 13.5 Å². The van der Waals surface area contributed by atoms with Crippen LogP contribution < -0.4 is 14.8 Å². The first-order valence-corrected chi connectivity index (χ1v) is 8.62. The summed E-state index contributed by atoms with van der Waals surface area (Å²) < 4.78 is 11.1. The standard InChI is InChI=1S/C18H28N2O4/c1-4-8-20(5-2)12-15(19-13(3)21)18(22)14-6-7-16-17(11-14)24-10-9-23-16/h6-7,11,15,18,22H,4-5,8-10,12H2,1-3H3,(H,19,21)/t15-,18-/m0/s1. The van der Waals surface area contributed by atoms with Gasteiger partial charge in [0.2, 0.25) is 5.91 Å². The predicted octanol–water partition coefficient (Wildman–Crippen LogP) is 1.73. The number of hydrogen-bond acceptors (Lipinski definition) is 5. The van der Waals surface area contributed by atoms with Crippen molar-refractivity contribution in [2.45, 2.75) is 39.3 Å². The minimum atomic E-state index is -0.810. The molecule has 1 aromatic carbocycles. The first-order valence-electron chi connectivity index (χ1n) is 8.62. The van der Waals surface area contributed by atoms with Gasteiger partial charge in [-0.15, -0.1) is 0 Å². The van der Waals surface area contributed by atoms with Crippen molar-refractivity contribution in [2.75, 3.05) is 32.8 Å². The van der Waals surface area contributed by atoms with Crippen molar-refractivity contribution < 1.29 is 19.4 Å². The van der Waals surface area contributed by atoms with Crippen LogP contribution in [0.2, 0.25) is 0 Å². The van der Waals surface area contributed by atoms with Crippen molar-refractivity contribution in [2.24, 2.45) is 0 Å². The van der Waals surface area contributed by atoms with E-state index in [4.69, 9.17) is 9.47 Å². The Kier molecular flexibility index (Phi) is 6.87. The van der Waals surface area contributed by atoms with Crippen LogP contribution in [-0.2, 0) is 4.79 Å². The zero-order chi connectivity index (χ0) is 17.5. The van der Waals surface area contributed by atoms with E-state index in [1.54, 1.807) is 6.07 Å². The van der Waals surface area contributed by atoms with Crippen LogP contribution in [0.15, 0.2) is 18.2 Å². The van der Waals surface area contributed by atoms with Crippen LogP contribution in [-0.4, -0.2) is 54.8 Å². The molecular formula is C18H28N2O4. The molecule has 2 rings (SSSR count). The van der Waals surface area contributed by atoms with E-state index in [0.29, 0.717) is 36.8 Å². The van der Waals surface area contributed by atoms with Crippen LogP contribution in [0.1, 0.15) is 38.9 Å². The lowest BCUT2D eigenvalue weighted by Crippen LogP contribution is -2.46. The van der Waals surface area contributed by atoms with Crippen molar-refractivity contribution >= 4 is 5.91 Å². The highest BCUT2D eigenvalue weighted by molar-refractivity contribution is 5.73. The summed E-state index contributed by atoms with van der Waals surface area (Å²) in [6.45, 7) is 9.11. The van der Waals surface area contributed by atoms with Gasteiger partial charge in [0.05, 0.1) is 6.04 Å². The van der Waals surface area contributed by atoms with Crippen molar-refractivity contribution in [3.8, 4) is 11.5 Å². The number of nitrogens with zero attached hydrogens (tertiary/aromatic N) is 1. The molecule has 24 heavy (non-hydrogen) atoms. The van der Waals surface area contributed by atoms with Crippen LogP contribution in [0.4, 0.5) is 0 Å². The SMILES string of the molecule is CCCN(CC)C[C@H](NC(C)=O)[C@@H](O)c1ccc2c(c1)OCCO2. The molecule has 0 aliphatic carbocycles. The highest BCUT2D eigenvalue weighted by Gasteiger charge is 2.25. The van der Waals surface area contributed by atoms with Gasteiger partial charge < -0.3 is 24.8 Å². The lowest BCUT2D eigenvalue weighted by molar-refractivity contribution is -0.120. The third-order valence-corrected chi connectivity index (χ3v) is 4.12. The van der Waals surface area contributed by atoms with Gasteiger partial charge in [0.15, 0.2) is 11.5 Å². The molecule has 0 unspecified atom stereocenters. The molecule has 0 bridgehead atoms. The van der Waals surface area contributed by atoms with Crippen LogP contribution in [0.3, 0.4) is 0 Å². The first-order chi connectivity index (χ1) is 11.5. The number of hydrogen-bond donors (Lipinski definition) is 2. The molecular weight excluding hydrogens is 308 g/mol. The third-order valence-electron chi connectivity index (χ3n) is 4.12. The lowest BCUT2D eigenvalue weighted by atomic mass is 10.0. The summed E-state index contributed by atoms with van der Waals surface area (Å²) in [5.41, 5.74) is 0.713. The molecule has 1 heterocycles. The van der Waals surface area contributed by atoms with Crippen molar-refractivity contribution in [1.82, 2.24) is 10.2 Å². The molecule has 1 aliphatic heterocycles. The van der Waals surface area contributed by atoms with E-state index in [1.165, 1.54) is 6.92 Å². The second-order valence-electron chi connectivity index (χ2n) is 6.05. The fourth-order valence-electron chi connectivity index (χ4n) is 2.93. The Morgan fingerprint density at radius 2 is 2.00 bits per heavy atom. The molecule has 0 saturated carbocycles. The van der Waals surface area contributed by atoms with Crippen LogP contribution in [0, 0.1) is 0 Å². The second kappa shape index (κ2) is 8.89. The highest BCUT2D eigenvalue weighted by Crippen LogP contribution is 2.33. The molecule has 6 heteroatoms. The quantitative estimate of drug-likeness (QED) is 0.756. The molecule has 0 fully saturated rings. The number of likely N-dealkylation sites (N-methyl/N-ethyl adjacent to an activating group) is 1. The van der Waals surface area contributed by atoms with Crippen molar-refractivity contribution in [3.63, 3.8) is 0 Å². The molecule has 2 atom stereocenters. The Morgan fingerprint density at radius 3 is 2.62 bits per heavy atom. The molecule has 0 aromatic heterocycles.